The van der Waals surface area contributed by atoms with E-state index in [1.165, 1.54) is 0 Å². The zero-order valence-electron chi connectivity index (χ0n) is 7.67. The largest absolute Gasteiger partial charge is 0.386 e. The van der Waals surface area contributed by atoms with E-state index in [0.717, 1.165) is 11.1 Å². The van der Waals surface area contributed by atoms with Gasteiger partial charge in [0.05, 0.1) is 0 Å². The minimum atomic E-state index is -0.796. The van der Waals surface area contributed by atoms with E-state index in [9.17, 15) is 10.2 Å². The summed E-state index contributed by atoms with van der Waals surface area (Å²) in [6.07, 6.45) is 3.53. The summed E-state index contributed by atoms with van der Waals surface area (Å²) in [5, 5.41) is 18.7. The van der Waals surface area contributed by atoms with Crippen molar-refractivity contribution in [1.82, 2.24) is 0 Å². The lowest BCUT2D eigenvalue weighted by Crippen LogP contribution is -2.23. The zero-order valence-corrected chi connectivity index (χ0v) is 7.67. The highest BCUT2D eigenvalue weighted by atomic mass is 16.3. The SMILES string of the molecule is O[C@@H]1C=CC(c2ccccc2)=C[C@@H]1O. The standard InChI is InChI=1S/C12H12O2/c13-11-7-6-10(8-12(11)14)9-4-2-1-3-5-9/h1-8,11-14H/t11-,12+/m1/s1. The molecule has 1 aliphatic rings. The Morgan fingerprint density at radius 1 is 0.929 bits per heavy atom. The minimum absolute atomic E-state index is 0.775. The number of aliphatic hydroxyl groups is 2. The van der Waals surface area contributed by atoms with Crippen LogP contribution < -0.4 is 0 Å². The molecule has 0 aromatic heterocycles. The summed E-state index contributed by atoms with van der Waals surface area (Å²) in [6.45, 7) is 0. The van der Waals surface area contributed by atoms with Crippen LogP contribution in [0.1, 0.15) is 5.56 Å². The summed E-state index contributed by atoms with van der Waals surface area (Å²) in [5.41, 5.74) is 2.00. The number of hydrogen-bond acceptors (Lipinski definition) is 2. The molecule has 0 heterocycles. The van der Waals surface area contributed by atoms with Gasteiger partial charge in [0, 0.05) is 0 Å². The summed E-state index contributed by atoms with van der Waals surface area (Å²) in [4.78, 5) is 0. The van der Waals surface area contributed by atoms with Crippen molar-refractivity contribution < 1.29 is 10.2 Å². The highest BCUT2D eigenvalue weighted by Crippen LogP contribution is 2.21. The molecular formula is C12H12O2. The van der Waals surface area contributed by atoms with Crippen LogP contribution in [0.4, 0.5) is 0 Å². The summed E-state index contributed by atoms with van der Waals surface area (Å²) in [5.74, 6) is 0. The molecule has 0 bridgehead atoms. The van der Waals surface area contributed by atoms with Gasteiger partial charge in [-0.1, -0.05) is 42.5 Å². The van der Waals surface area contributed by atoms with Crippen molar-refractivity contribution in [3.63, 3.8) is 0 Å². The normalized spacial score (nSPS) is 26.0. The Morgan fingerprint density at radius 2 is 1.64 bits per heavy atom. The molecule has 1 aromatic rings. The summed E-state index contributed by atoms with van der Waals surface area (Å²) in [6, 6.07) is 9.78. The molecule has 0 fully saturated rings. The Bertz CT molecular complexity index is 365. The Balaban J connectivity index is 2.30. The van der Waals surface area contributed by atoms with Crippen molar-refractivity contribution >= 4 is 5.57 Å². The number of allylic oxidation sites excluding steroid dienone is 2. The summed E-state index contributed by atoms with van der Waals surface area (Å²) in [7, 11) is 0. The van der Waals surface area contributed by atoms with Crippen LogP contribution in [0, 0.1) is 0 Å². The molecule has 0 amide bonds. The van der Waals surface area contributed by atoms with Crippen molar-refractivity contribution in [2.24, 2.45) is 0 Å². The van der Waals surface area contributed by atoms with Crippen LogP contribution in [-0.2, 0) is 0 Å². The van der Waals surface area contributed by atoms with E-state index in [1.54, 1.807) is 12.2 Å². The molecule has 0 saturated carbocycles. The number of rotatable bonds is 1. The van der Waals surface area contributed by atoms with Crippen LogP contribution in [0.5, 0.6) is 0 Å². The van der Waals surface area contributed by atoms with Gasteiger partial charge in [0.2, 0.25) is 0 Å². The average molecular weight is 188 g/mol. The maximum Gasteiger partial charge on any atom is 0.102 e. The quantitative estimate of drug-likeness (QED) is 0.698. The Morgan fingerprint density at radius 3 is 2.29 bits per heavy atom. The maximum absolute atomic E-state index is 9.43. The van der Waals surface area contributed by atoms with Gasteiger partial charge < -0.3 is 10.2 Å². The first-order chi connectivity index (χ1) is 6.77. The van der Waals surface area contributed by atoms with Gasteiger partial charge in [-0.15, -0.1) is 0 Å². The lowest BCUT2D eigenvalue weighted by Gasteiger charge is -2.17. The predicted octanol–water partition coefficient (Wildman–Crippen LogP) is 1.36. The number of benzene rings is 1. The second-order valence-electron chi connectivity index (χ2n) is 3.33. The Kier molecular flexibility index (Phi) is 2.48. The molecule has 14 heavy (non-hydrogen) atoms. The number of aliphatic hydroxyl groups excluding tert-OH is 2. The summed E-state index contributed by atoms with van der Waals surface area (Å²) < 4.78 is 0. The lowest BCUT2D eigenvalue weighted by atomic mass is 9.97. The first-order valence-electron chi connectivity index (χ1n) is 4.59. The van der Waals surface area contributed by atoms with Crippen molar-refractivity contribution in [1.29, 1.82) is 0 Å². The first-order valence-corrected chi connectivity index (χ1v) is 4.59. The van der Waals surface area contributed by atoms with E-state index in [2.05, 4.69) is 0 Å². The fraction of sp³-hybridized carbons (Fsp3) is 0.167. The lowest BCUT2D eigenvalue weighted by molar-refractivity contribution is 0.0799. The third-order valence-corrected chi connectivity index (χ3v) is 2.28. The van der Waals surface area contributed by atoms with Gasteiger partial charge in [0.25, 0.3) is 0 Å². The van der Waals surface area contributed by atoms with Gasteiger partial charge in [0.1, 0.15) is 12.2 Å². The smallest absolute Gasteiger partial charge is 0.102 e. The van der Waals surface area contributed by atoms with Crippen molar-refractivity contribution in [3.8, 4) is 0 Å². The van der Waals surface area contributed by atoms with E-state index in [1.807, 2.05) is 36.4 Å². The molecule has 1 aliphatic carbocycles. The molecule has 1 aromatic carbocycles. The van der Waals surface area contributed by atoms with Crippen molar-refractivity contribution in [2.75, 3.05) is 0 Å². The molecule has 72 valence electrons. The van der Waals surface area contributed by atoms with Crippen LogP contribution in [0.25, 0.3) is 5.57 Å². The fourth-order valence-electron chi connectivity index (χ4n) is 1.48. The Hall–Kier alpha value is -1.38. The predicted molar refractivity (Wildman–Crippen MR) is 55.6 cm³/mol. The molecule has 0 spiro atoms. The van der Waals surface area contributed by atoms with E-state index in [0.29, 0.717) is 0 Å². The minimum Gasteiger partial charge on any atom is -0.386 e. The zero-order chi connectivity index (χ0) is 9.97. The fourth-order valence-corrected chi connectivity index (χ4v) is 1.48. The second kappa shape index (κ2) is 3.78. The first kappa shape index (κ1) is 9.19. The molecule has 0 unspecified atom stereocenters. The van der Waals surface area contributed by atoms with E-state index >= 15 is 0 Å². The summed E-state index contributed by atoms with van der Waals surface area (Å²) >= 11 is 0. The van der Waals surface area contributed by atoms with E-state index < -0.39 is 12.2 Å². The molecule has 2 N–H and O–H groups in total. The molecule has 2 nitrogen and oxygen atoms in total. The van der Waals surface area contributed by atoms with Crippen LogP contribution in [0.15, 0.2) is 48.6 Å². The van der Waals surface area contributed by atoms with Gasteiger partial charge in [-0.05, 0) is 17.2 Å². The van der Waals surface area contributed by atoms with Crippen LogP contribution in [-0.4, -0.2) is 22.4 Å². The van der Waals surface area contributed by atoms with Gasteiger partial charge in [0.15, 0.2) is 0 Å². The van der Waals surface area contributed by atoms with Gasteiger partial charge in [-0.3, -0.25) is 0 Å². The monoisotopic (exact) mass is 188 g/mol. The highest BCUT2D eigenvalue weighted by molar-refractivity contribution is 5.75. The molecule has 0 aliphatic heterocycles. The van der Waals surface area contributed by atoms with Gasteiger partial charge in [-0.2, -0.15) is 0 Å². The van der Waals surface area contributed by atoms with Gasteiger partial charge in [-0.25, -0.2) is 0 Å². The molecule has 0 saturated heterocycles. The molecule has 2 rings (SSSR count). The van der Waals surface area contributed by atoms with E-state index in [-0.39, 0.29) is 0 Å². The van der Waals surface area contributed by atoms with Crippen molar-refractivity contribution in [3.05, 3.63) is 54.1 Å². The average Bonchev–Trinajstić information content (AvgIpc) is 2.23. The van der Waals surface area contributed by atoms with Gasteiger partial charge >= 0.3 is 0 Å². The molecule has 2 heteroatoms. The van der Waals surface area contributed by atoms with Crippen molar-refractivity contribution in [2.45, 2.75) is 12.2 Å². The Labute approximate surface area is 82.8 Å². The van der Waals surface area contributed by atoms with E-state index in [4.69, 9.17) is 0 Å². The molecule has 2 atom stereocenters. The molecule has 0 radical (unpaired) electrons. The number of hydrogen-bond donors (Lipinski definition) is 2. The topological polar surface area (TPSA) is 40.5 Å². The maximum atomic E-state index is 9.43. The third kappa shape index (κ3) is 1.76. The highest BCUT2D eigenvalue weighted by Gasteiger charge is 2.15. The second-order valence-corrected chi connectivity index (χ2v) is 3.33. The van der Waals surface area contributed by atoms with Crippen LogP contribution in [0.3, 0.4) is 0 Å². The van der Waals surface area contributed by atoms with Crippen LogP contribution >= 0.6 is 0 Å². The molecular weight excluding hydrogens is 176 g/mol. The third-order valence-electron chi connectivity index (χ3n) is 2.28. The van der Waals surface area contributed by atoms with Crippen LogP contribution in [0.2, 0.25) is 0 Å².